The molecule has 3 rings (SSSR count). The molecule has 0 spiro atoms. The molecule has 2 N–H and O–H groups in total. The number of rotatable bonds is 4. The van der Waals surface area contributed by atoms with Gasteiger partial charge in [0.2, 0.25) is 5.91 Å². The molecule has 0 aliphatic carbocycles. The van der Waals surface area contributed by atoms with Crippen molar-refractivity contribution in [2.24, 2.45) is 5.92 Å². The number of carbonyl (C=O) groups is 1. The van der Waals surface area contributed by atoms with Crippen molar-refractivity contribution < 1.29 is 19.2 Å². The van der Waals surface area contributed by atoms with Crippen LogP contribution >= 0.6 is 0 Å². The lowest BCUT2D eigenvalue weighted by Gasteiger charge is -2.46. The summed E-state index contributed by atoms with van der Waals surface area (Å²) >= 11 is 0. The van der Waals surface area contributed by atoms with Crippen molar-refractivity contribution >= 4 is 24.2 Å². The summed E-state index contributed by atoms with van der Waals surface area (Å²) in [6, 6.07) is 12.2. The van der Waals surface area contributed by atoms with Gasteiger partial charge in [0.05, 0.1) is 12.0 Å². The Bertz CT molecular complexity index is 731. The molecule has 1 fully saturated rings. The Kier molecular flexibility index (Phi) is 4.02. The summed E-state index contributed by atoms with van der Waals surface area (Å²) in [7, 11) is -1.53. The third kappa shape index (κ3) is 2.67. The summed E-state index contributed by atoms with van der Waals surface area (Å²) in [4.78, 5) is 13.9. The number of anilines is 1. The monoisotopic (exact) mass is 311 g/mol. The van der Waals surface area contributed by atoms with Gasteiger partial charge in [0.1, 0.15) is 5.82 Å². The number of carbonyl (C=O) groups excluding carboxylic acids is 1. The first-order valence-electron chi connectivity index (χ1n) is 7.20. The van der Waals surface area contributed by atoms with E-state index in [1.807, 2.05) is 0 Å². The molecule has 0 aromatic heterocycles. The van der Waals surface area contributed by atoms with Gasteiger partial charge in [-0.2, -0.15) is 0 Å². The van der Waals surface area contributed by atoms with E-state index in [9.17, 15) is 9.18 Å². The van der Waals surface area contributed by atoms with Crippen LogP contribution in [0.25, 0.3) is 0 Å². The molecular weight excluding hydrogens is 296 g/mol. The smallest absolute Gasteiger partial charge is 0.423 e. The van der Waals surface area contributed by atoms with Crippen LogP contribution in [-0.2, 0) is 4.79 Å². The Morgan fingerprint density at radius 2 is 1.70 bits per heavy atom. The zero-order chi connectivity index (χ0) is 16.6. The van der Waals surface area contributed by atoms with E-state index in [2.05, 4.69) is 6.58 Å². The number of halogens is 1. The summed E-state index contributed by atoms with van der Waals surface area (Å²) in [6.07, 6.45) is 1.60. The molecule has 1 amide bonds. The van der Waals surface area contributed by atoms with E-state index in [4.69, 9.17) is 10.0 Å². The van der Waals surface area contributed by atoms with Crippen molar-refractivity contribution in [1.82, 2.24) is 0 Å². The summed E-state index contributed by atoms with van der Waals surface area (Å²) in [5.74, 6) is -0.812. The van der Waals surface area contributed by atoms with Gasteiger partial charge in [-0.3, -0.25) is 4.79 Å². The molecule has 1 unspecified atom stereocenters. The van der Waals surface area contributed by atoms with Crippen LogP contribution < -0.4 is 10.4 Å². The third-order valence-corrected chi connectivity index (χ3v) is 4.08. The Balaban J connectivity index is 1.94. The van der Waals surface area contributed by atoms with Crippen LogP contribution in [0.2, 0.25) is 0 Å². The van der Waals surface area contributed by atoms with E-state index < -0.39 is 7.12 Å². The lowest BCUT2D eigenvalue weighted by molar-refractivity contribution is -0.128. The van der Waals surface area contributed by atoms with E-state index in [-0.39, 0.29) is 23.7 Å². The Labute approximate surface area is 133 Å². The van der Waals surface area contributed by atoms with Crippen molar-refractivity contribution in [3.63, 3.8) is 0 Å². The zero-order valence-electron chi connectivity index (χ0n) is 12.3. The van der Waals surface area contributed by atoms with E-state index in [0.29, 0.717) is 11.2 Å². The van der Waals surface area contributed by atoms with Crippen LogP contribution in [0.15, 0.2) is 61.2 Å². The van der Waals surface area contributed by atoms with Crippen LogP contribution in [0.4, 0.5) is 10.1 Å². The second kappa shape index (κ2) is 5.99. The van der Waals surface area contributed by atoms with Gasteiger partial charge >= 0.3 is 7.12 Å². The first-order chi connectivity index (χ1) is 11.0. The predicted molar refractivity (Wildman–Crippen MR) is 86.6 cm³/mol. The van der Waals surface area contributed by atoms with Crippen molar-refractivity contribution in [1.29, 1.82) is 0 Å². The maximum absolute atomic E-state index is 13.1. The minimum atomic E-state index is -1.53. The third-order valence-electron chi connectivity index (χ3n) is 4.08. The summed E-state index contributed by atoms with van der Waals surface area (Å²) in [6.45, 7) is 3.71. The molecule has 0 saturated carbocycles. The number of amides is 1. The van der Waals surface area contributed by atoms with Gasteiger partial charge in [-0.15, -0.1) is 6.58 Å². The van der Waals surface area contributed by atoms with Crippen LogP contribution in [0, 0.1) is 11.7 Å². The van der Waals surface area contributed by atoms with Crippen molar-refractivity contribution in [2.75, 3.05) is 4.90 Å². The fourth-order valence-corrected chi connectivity index (χ4v) is 2.85. The van der Waals surface area contributed by atoms with Gasteiger partial charge in [-0.1, -0.05) is 30.3 Å². The highest BCUT2D eigenvalue weighted by Gasteiger charge is 2.47. The zero-order valence-corrected chi connectivity index (χ0v) is 12.3. The minimum Gasteiger partial charge on any atom is -0.423 e. The molecule has 1 saturated heterocycles. The SMILES string of the molecule is C=CC1C(=O)N(c2ccc(F)cc2)[C@H]1c1ccc(B(O)O)cc1. The molecule has 2 aromatic rings. The Morgan fingerprint density at radius 3 is 2.22 bits per heavy atom. The maximum atomic E-state index is 13.1. The molecule has 4 nitrogen and oxygen atoms in total. The first kappa shape index (κ1) is 15.5. The number of benzene rings is 2. The standard InChI is InChI=1S/C17H15BFNO3/c1-2-15-16(11-3-5-12(6-4-11)18(22)23)20(17(15)21)14-9-7-13(19)8-10-14/h2-10,15-16,22-23H,1H2/t15?,16-/m0/s1. The largest absolute Gasteiger partial charge is 0.488 e. The molecule has 0 radical (unpaired) electrons. The molecule has 1 heterocycles. The summed E-state index contributed by atoms with van der Waals surface area (Å²) < 4.78 is 13.1. The van der Waals surface area contributed by atoms with Crippen LogP contribution in [0.5, 0.6) is 0 Å². The average molecular weight is 311 g/mol. The van der Waals surface area contributed by atoms with Gasteiger partial charge < -0.3 is 14.9 Å². The van der Waals surface area contributed by atoms with Gasteiger partial charge in [-0.05, 0) is 35.3 Å². The predicted octanol–water partition coefficient (Wildman–Crippen LogP) is 1.40. The summed E-state index contributed by atoms with van der Waals surface area (Å²) in [5.41, 5.74) is 1.84. The molecule has 2 aromatic carbocycles. The van der Waals surface area contributed by atoms with Gasteiger partial charge in [0.25, 0.3) is 0 Å². The second-order valence-corrected chi connectivity index (χ2v) is 5.43. The molecule has 0 bridgehead atoms. The lowest BCUT2D eigenvalue weighted by atomic mass is 9.77. The fraction of sp³-hybridized carbons (Fsp3) is 0.118. The van der Waals surface area contributed by atoms with Crippen molar-refractivity contribution in [2.45, 2.75) is 6.04 Å². The lowest BCUT2D eigenvalue weighted by Crippen LogP contribution is -2.54. The quantitative estimate of drug-likeness (QED) is 0.510. The molecule has 1 aliphatic heterocycles. The van der Waals surface area contributed by atoms with Crippen LogP contribution in [0.3, 0.4) is 0 Å². The van der Waals surface area contributed by atoms with Gasteiger partial charge in [0.15, 0.2) is 0 Å². The van der Waals surface area contributed by atoms with E-state index in [0.717, 1.165) is 5.56 Å². The minimum absolute atomic E-state index is 0.0946. The Hall–Kier alpha value is -2.44. The highest BCUT2D eigenvalue weighted by atomic mass is 19.1. The van der Waals surface area contributed by atoms with E-state index >= 15 is 0 Å². The first-order valence-corrected chi connectivity index (χ1v) is 7.20. The van der Waals surface area contributed by atoms with Crippen molar-refractivity contribution in [3.05, 3.63) is 72.6 Å². The number of hydrogen-bond acceptors (Lipinski definition) is 3. The molecule has 23 heavy (non-hydrogen) atoms. The van der Waals surface area contributed by atoms with E-state index in [1.54, 1.807) is 47.4 Å². The van der Waals surface area contributed by atoms with Crippen LogP contribution in [0.1, 0.15) is 11.6 Å². The fourth-order valence-electron chi connectivity index (χ4n) is 2.85. The highest BCUT2D eigenvalue weighted by Crippen LogP contribution is 2.43. The molecule has 116 valence electrons. The van der Waals surface area contributed by atoms with Crippen molar-refractivity contribution in [3.8, 4) is 0 Å². The normalized spacial score (nSPS) is 20.1. The summed E-state index contributed by atoms with van der Waals surface area (Å²) in [5, 5.41) is 18.3. The Morgan fingerprint density at radius 1 is 1.09 bits per heavy atom. The topological polar surface area (TPSA) is 60.8 Å². The van der Waals surface area contributed by atoms with Gasteiger partial charge in [-0.25, -0.2) is 4.39 Å². The highest BCUT2D eigenvalue weighted by molar-refractivity contribution is 6.58. The van der Waals surface area contributed by atoms with E-state index in [1.165, 1.54) is 12.1 Å². The number of β-lactam (4-membered cyclic amide) rings is 1. The number of nitrogens with zero attached hydrogens (tertiary/aromatic N) is 1. The van der Waals surface area contributed by atoms with Gasteiger partial charge in [0, 0.05) is 5.69 Å². The molecule has 2 atom stereocenters. The average Bonchev–Trinajstić information content (AvgIpc) is 2.55. The molecular formula is C17H15BFNO3. The number of hydrogen-bond donors (Lipinski definition) is 2. The molecule has 6 heteroatoms. The second-order valence-electron chi connectivity index (χ2n) is 5.43. The molecule has 1 aliphatic rings. The maximum Gasteiger partial charge on any atom is 0.488 e. The van der Waals surface area contributed by atoms with Crippen LogP contribution in [-0.4, -0.2) is 23.1 Å².